The summed E-state index contributed by atoms with van der Waals surface area (Å²) in [5, 5.41) is 0. The van der Waals surface area contributed by atoms with E-state index in [0.717, 1.165) is 25.7 Å². The highest BCUT2D eigenvalue weighted by atomic mass is 16.6. The van der Waals surface area contributed by atoms with Crippen LogP contribution in [0, 0.1) is 0 Å². The second kappa shape index (κ2) is 19.1. The molecule has 1 aromatic carbocycles. The Hall–Kier alpha value is -2.24. The van der Waals surface area contributed by atoms with Crippen LogP contribution in [0.15, 0.2) is 24.3 Å². The number of benzene rings is 1. The maximum atomic E-state index is 12.2. The molecule has 0 saturated heterocycles. The van der Waals surface area contributed by atoms with E-state index in [-0.39, 0.29) is 11.9 Å². The third-order valence-corrected chi connectivity index (χ3v) is 5.95. The van der Waals surface area contributed by atoms with Crippen molar-refractivity contribution in [2.75, 3.05) is 14.2 Å². The monoisotopic (exact) mass is 478 g/mol. The number of hydrogen-bond donors (Lipinski definition) is 0. The maximum absolute atomic E-state index is 12.2. The number of methoxy groups -OCH3 is 2. The fraction of sp³-hybridized carbons (Fsp3) is 0.714. The van der Waals surface area contributed by atoms with Gasteiger partial charge in [0.15, 0.2) is 12.2 Å². The predicted octanol–water partition coefficient (Wildman–Crippen LogP) is 7.03. The molecule has 0 radical (unpaired) electrons. The van der Waals surface area contributed by atoms with Gasteiger partial charge in [0.25, 0.3) is 0 Å². The van der Waals surface area contributed by atoms with Gasteiger partial charge in [-0.05, 0) is 49.9 Å². The molecule has 6 nitrogen and oxygen atoms in total. The lowest BCUT2D eigenvalue weighted by atomic mass is 10.1. The Morgan fingerprint density at radius 3 is 1.24 bits per heavy atom. The number of esters is 2. The highest BCUT2D eigenvalue weighted by Gasteiger charge is 2.22. The van der Waals surface area contributed by atoms with Gasteiger partial charge >= 0.3 is 11.9 Å². The van der Waals surface area contributed by atoms with Gasteiger partial charge in [-0.1, -0.05) is 78.1 Å². The minimum atomic E-state index is -0.626. The van der Waals surface area contributed by atoms with Crippen LogP contribution in [0.4, 0.5) is 0 Å². The SMILES string of the molecule is CCCCCCCCC(Oc1ccc(OC(CCCCCCCC)C(=O)OC)cc1)C(=O)OC. The fourth-order valence-corrected chi connectivity index (χ4v) is 3.86. The predicted molar refractivity (Wildman–Crippen MR) is 135 cm³/mol. The van der Waals surface area contributed by atoms with Crippen molar-refractivity contribution in [3.05, 3.63) is 24.3 Å². The van der Waals surface area contributed by atoms with E-state index < -0.39 is 12.2 Å². The molecule has 0 aliphatic heterocycles. The molecule has 1 rings (SSSR count). The fourth-order valence-electron chi connectivity index (χ4n) is 3.86. The molecule has 34 heavy (non-hydrogen) atoms. The van der Waals surface area contributed by atoms with Crippen LogP contribution in [0.3, 0.4) is 0 Å². The highest BCUT2D eigenvalue weighted by molar-refractivity contribution is 5.75. The van der Waals surface area contributed by atoms with Gasteiger partial charge in [-0.3, -0.25) is 0 Å². The molecule has 0 bridgehead atoms. The number of carbonyl (C=O) groups is 2. The quantitative estimate of drug-likeness (QED) is 0.148. The van der Waals surface area contributed by atoms with E-state index in [1.54, 1.807) is 24.3 Å². The first-order valence-electron chi connectivity index (χ1n) is 13.1. The van der Waals surface area contributed by atoms with Crippen molar-refractivity contribution in [3.8, 4) is 11.5 Å². The van der Waals surface area contributed by atoms with Gasteiger partial charge in [0.1, 0.15) is 11.5 Å². The number of unbranched alkanes of at least 4 members (excludes halogenated alkanes) is 10. The molecule has 0 aliphatic carbocycles. The third kappa shape index (κ3) is 12.9. The largest absolute Gasteiger partial charge is 0.479 e. The standard InChI is InChI=1S/C28H46O6/c1-5-7-9-11-13-15-17-25(27(29)31-3)33-23-19-21-24(22-20-23)34-26(28(30)32-4)18-16-14-12-10-8-6-2/h19-22,25-26H,5-18H2,1-4H3. The lowest BCUT2D eigenvalue weighted by molar-refractivity contribution is -0.150. The zero-order chi connectivity index (χ0) is 25.0. The smallest absolute Gasteiger partial charge is 0.347 e. The molecule has 0 fully saturated rings. The van der Waals surface area contributed by atoms with Crippen LogP contribution >= 0.6 is 0 Å². The first-order chi connectivity index (χ1) is 16.5. The van der Waals surface area contributed by atoms with Crippen LogP contribution < -0.4 is 9.47 Å². The Bertz CT molecular complexity index is 600. The second-order valence-corrected chi connectivity index (χ2v) is 8.84. The van der Waals surface area contributed by atoms with E-state index >= 15 is 0 Å². The van der Waals surface area contributed by atoms with Gasteiger partial charge in [-0.15, -0.1) is 0 Å². The minimum absolute atomic E-state index is 0.362. The van der Waals surface area contributed by atoms with Gasteiger partial charge in [0, 0.05) is 0 Å². The molecular weight excluding hydrogens is 432 g/mol. The normalized spacial score (nSPS) is 12.6. The number of carbonyl (C=O) groups excluding carboxylic acids is 2. The molecule has 1 aromatic rings. The molecule has 0 heterocycles. The number of ether oxygens (including phenoxy) is 4. The van der Waals surface area contributed by atoms with E-state index in [9.17, 15) is 9.59 Å². The summed E-state index contributed by atoms with van der Waals surface area (Å²) in [6, 6.07) is 7.02. The van der Waals surface area contributed by atoms with E-state index in [1.165, 1.54) is 65.6 Å². The molecule has 0 aliphatic rings. The zero-order valence-electron chi connectivity index (χ0n) is 21.8. The molecule has 2 unspecified atom stereocenters. The Morgan fingerprint density at radius 2 is 0.912 bits per heavy atom. The molecule has 0 saturated carbocycles. The van der Waals surface area contributed by atoms with Crippen molar-refractivity contribution >= 4 is 11.9 Å². The maximum Gasteiger partial charge on any atom is 0.347 e. The Kier molecular flexibility index (Phi) is 16.7. The van der Waals surface area contributed by atoms with E-state index in [2.05, 4.69) is 13.8 Å². The Morgan fingerprint density at radius 1 is 0.588 bits per heavy atom. The van der Waals surface area contributed by atoms with Crippen molar-refractivity contribution in [1.82, 2.24) is 0 Å². The second-order valence-electron chi connectivity index (χ2n) is 8.84. The van der Waals surface area contributed by atoms with Crippen LogP contribution in [0.2, 0.25) is 0 Å². The molecule has 0 N–H and O–H groups in total. The molecule has 6 heteroatoms. The van der Waals surface area contributed by atoms with Crippen molar-refractivity contribution < 1.29 is 28.5 Å². The summed E-state index contributed by atoms with van der Waals surface area (Å²) in [6.45, 7) is 4.39. The van der Waals surface area contributed by atoms with Gasteiger partial charge < -0.3 is 18.9 Å². The van der Waals surface area contributed by atoms with Gasteiger partial charge in [-0.25, -0.2) is 9.59 Å². The molecule has 2 atom stereocenters. The summed E-state index contributed by atoms with van der Waals surface area (Å²) in [7, 11) is 2.77. The van der Waals surface area contributed by atoms with Crippen LogP contribution in [-0.2, 0) is 19.1 Å². The number of rotatable bonds is 20. The number of hydrogen-bond acceptors (Lipinski definition) is 6. The first kappa shape index (κ1) is 29.8. The van der Waals surface area contributed by atoms with Gasteiger partial charge in [0.2, 0.25) is 0 Å². The van der Waals surface area contributed by atoms with E-state index in [0.29, 0.717) is 24.3 Å². The molecular formula is C28H46O6. The molecule has 194 valence electrons. The lowest BCUT2D eigenvalue weighted by Gasteiger charge is -2.19. The van der Waals surface area contributed by atoms with Crippen molar-refractivity contribution in [3.63, 3.8) is 0 Å². The van der Waals surface area contributed by atoms with E-state index in [1.807, 2.05) is 0 Å². The summed E-state index contributed by atoms with van der Waals surface area (Å²) in [5.74, 6) is 0.413. The highest BCUT2D eigenvalue weighted by Crippen LogP contribution is 2.23. The van der Waals surface area contributed by atoms with Crippen LogP contribution in [0.25, 0.3) is 0 Å². The lowest BCUT2D eigenvalue weighted by Crippen LogP contribution is -2.29. The minimum Gasteiger partial charge on any atom is -0.479 e. The van der Waals surface area contributed by atoms with Gasteiger partial charge in [-0.2, -0.15) is 0 Å². The van der Waals surface area contributed by atoms with Crippen LogP contribution in [0.1, 0.15) is 104 Å². The summed E-state index contributed by atoms with van der Waals surface area (Å²) < 4.78 is 21.7. The molecule has 0 amide bonds. The van der Waals surface area contributed by atoms with Crippen LogP contribution in [0.5, 0.6) is 11.5 Å². The Labute approximate surface area is 206 Å². The first-order valence-corrected chi connectivity index (χ1v) is 13.1. The average molecular weight is 479 g/mol. The topological polar surface area (TPSA) is 71.1 Å². The van der Waals surface area contributed by atoms with E-state index in [4.69, 9.17) is 18.9 Å². The van der Waals surface area contributed by atoms with Crippen LogP contribution in [-0.4, -0.2) is 38.4 Å². The molecule has 0 aromatic heterocycles. The molecule has 0 spiro atoms. The van der Waals surface area contributed by atoms with Crippen molar-refractivity contribution in [1.29, 1.82) is 0 Å². The summed E-state index contributed by atoms with van der Waals surface area (Å²) in [5.41, 5.74) is 0. The van der Waals surface area contributed by atoms with Crippen molar-refractivity contribution in [2.24, 2.45) is 0 Å². The van der Waals surface area contributed by atoms with Crippen molar-refractivity contribution in [2.45, 2.75) is 116 Å². The summed E-state index contributed by atoms with van der Waals surface area (Å²) in [4.78, 5) is 24.3. The summed E-state index contributed by atoms with van der Waals surface area (Å²) >= 11 is 0. The third-order valence-electron chi connectivity index (χ3n) is 5.95. The summed E-state index contributed by atoms with van der Waals surface area (Å²) in [6.07, 6.45) is 13.7. The van der Waals surface area contributed by atoms with Gasteiger partial charge in [0.05, 0.1) is 14.2 Å². The zero-order valence-corrected chi connectivity index (χ0v) is 21.8. The average Bonchev–Trinajstić information content (AvgIpc) is 2.86. The Balaban J connectivity index is 2.58.